The zero-order valence-corrected chi connectivity index (χ0v) is 12.2. The highest BCUT2D eigenvalue weighted by atomic mass is 35.5. The number of benzene rings is 1. The van der Waals surface area contributed by atoms with Crippen molar-refractivity contribution in [3.8, 4) is 11.5 Å². The third-order valence-electron chi connectivity index (χ3n) is 2.68. The average molecular weight is 328 g/mol. The van der Waals surface area contributed by atoms with Crippen LogP contribution in [-0.4, -0.2) is 31.6 Å². The van der Waals surface area contributed by atoms with E-state index in [1.54, 1.807) is 6.07 Å². The number of anilines is 1. The first-order valence-electron chi connectivity index (χ1n) is 5.95. The zero-order chi connectivity index (χ0) is 14.9. The average Bonchev–Trinajstić information content (AvgIpc) is 2.49. The van der Waals surface area contributed by atoms with Gasteiger partial charge in [0.1, 0.15) is 18.4 Å². The van der Waals surface area contributed by atoms with Gasteiger partial charge in [-0.2, -0.15) is 0 Å². The minimum atomic E-state index is -3.79. The van der Waals surface area contributed by atoms with Gasteiger partial charge < -0.3 is 9.47 Å². The molecule has 21 heavy (non-hydrogen) atoms. The molecule has 0 unspecified atom stereocenters. The largest absolute Gasteiger partial charge is 0.486 e. The fourth-order valence-corrected chi connectivity index (χ4v) is 2.86. The van der Waals surface area contributed by atoms with Crippen LogP contribution in [0, 0.1) is 0 Å². The number of nitrogens with one attached hydrogen (secondary N) is 1. The summed E-state index contributed by atoms with van der Waals surface area (Å²) in [6.07, 6.45) is 2.49. The second kappa shape index (κ2) is 5.38. The third-order valence-corrected chi connectivity index (χ3v) is 4.23. The van der Waals surface area contributed by atoms with E-state index < -0.39 is 10.0 Å². The van der Waals surface area contributed by atoms with Crippen molar-refractivity contribution in [2.45, 2.75) is 4.90 Å². The number of sulfonamides is 1. The Balaban J connectivity index is 1.89. The molecule has 1 aromatic heterocycles. The van der Waals surface area contributed by atoms with Gasteiger partial charge >= 0.3 is 0 Å². The maximum Gasteiger partial charge on any atom is 0.263 e. The zero-order valence-electron chi connectivity index (χ0n) is 10.6. The van der Waals surface area contributed by atoms with Crippen molar-refractivity contribution in [2.75, 3.05) is 17.9 Å². The number of halogens is 1. The van der Waals surface area contributed by atoms with Crippen molar-refractivity contribution in [2.24, 2.45) is 0 Å². The lowest BCUT2D eigenvalue weighted by Crippen LogP contribution is -2.17. The van der Waals surface area contributed by atoms with Crippen LogP contribution < -0.4 is 14.2 Å². The molecule has 0 saturated heterocycles. The van der Waals surface area contributed by atoms with Gasteiger partial charge in [-0.1, -0.05) is 11.6 Å². The highest BCUT2D eigenvalue weighted by Gasteiger charge is 2.19. The molecule has 0 saturated carbocycles. The molecular formula is C12H10ClN3O4S. The van der Waals surface area contributed by atoms with Gasteiger partial charge in [-0.05, 0) is 12.1 Å². The number of rotatable bonds is 3. The molecule has 110 valence electrons. The SMILES string of the molecule is O=S(=O)(Nc1cnc(Cl)cn1)c1ccc2c(c1)OCCO2. The van der Waals surface area contributed by atoms with E-state index in [0.717, 1.165) is 0 Å². The van der Waals surface area contributed by atoms with Gasteiger partial charge in [0.25, 0.3) is 10.0 Å². The first-order chi connectivity index (χ1) is 10.0. The van der Waals surface area contributed by atoms with Crippen molar-refractivity contribution < 1.29 is 17.9 Å². The molecule has 0 aliphatic carbocycles. The van der Waals surface area contributed by atoms with E-state index in [9.17, 15) is 8.42 Å². The molecule has 0 fully saturated rings. The molecule has 1 aliphatic heterocycles. The maximum absolute atomic E-state index is 12.3. The number of ether oxygens (including phenoxy) is 2. The monoisotopic (exact) mass is 327 g/mol. The molecule has 7 nitrogen and oxygen atoms in total. The predicted molar refractivity (Wildman–Crippen MR) is 75.3 cm³/mol. The summed E-state index contributed by atoms with van der Waals surface area (Å²) in [6, 6.07) is 4.38. The number of hydrogen-bond acceptors (Lipinski definition) is 6. The Morgan fingerprint density at radius 3 is 2.57 bits per heavy atom. The van der Waals surface area contributed by atoms with Crippen molar-refractivity contribution >= 4 is 27.4 Å². The van der Waals surface area contributed by atoms with E-state index in [1.165, 1.54) is 24.5 Å². The van der Waals surface area contributed by atoms with E-state index in [4.69, 9.17) is 21.1 Å². The van der Waals surface area contributed by atoms with Crippen molar-refractivity contribution in [3.63, 3.8) is 0 Å². The van der Waals surface area contributed by atoms with Gasteiger partial charge in [-0.15, -0.1) is 0 Å². The lowest BCUT2D eigenvalue weighted by Gasteiger charge is -2.18. The molecule has 1 aliphatic rings. The number of fused-ring (bicyclic) bond motifs is 1. The fraction of sp³-hybridized carbons (Fsp3) is 0.167. The summed E-state index contributed by atoms with van der Waals surface area (Å²) < 4.78 is 37.5. The van der Waals surface area contributed by atoms with Gasteiger partial charge in [0, 0.05) is 6.07 Å². The summed E-state index contributed by atoms with van der Waals surface area (Å²) in [4.78, 5) is 7.64. The molecule has 0 amide bonds. The number of aromatic nitrogens is 2. The molecule has 0 spiro atoms. The van der Waals surface area contributed by atoms with Crippen LogP contribution in [0.2, 0.25) is 5.15 Å². The van der Waals surface area contributed by atoms with Gasteiger partial charge in [0.15, 0.2) is 17.3 Å². The fourth-order valence-electron chi connectivity index (χ4n) is 1.75. The Morgan fingerprint density at radius 1 is 1.10 bits per heavy atom. The minimum Gasteiger partial charge on any atom is -0.486 e. The van der Waals surface area contributed by atoms with Crippen LogP contribution in [0.1, 0.15) is 0 Å². The topological polar surface area (TPSA) is 90.4 Å². The van der Waals surface area contributed by atoms with Crippen LogP contribution in [0.3, 0.4) is 0 Å². The smallest absolute Gasteiger partial charge is 0.263 e. The Morgan fingerprint density at radius 2 is 1.86 bits per heavy atom. The number of hydrogen-bond donors (Lipinski definition) is 1. The van der Waals surface area contributed by atoms with Crippen LogP contribution in [0.15, 0.2) is 35.5 Å². The Labute approximate surface area is 125 Å². The quantitative estimate of drug-likeness (QED) is 0.922. The van der Waals surface area contributed by atoms with E-state index in [2.05, 4.69) is 14.7 Å². The van der Waals surface area contributed by atoms with Crippen molar-refractivity contribution in [1.82, 2.24) is 9.97 Å². The lowest BCUT2D eigenvalue weighted by atomic mass is 10.3. The van der Waals surface area contributed by atoms with E-state index in [-0.39, 0.29) is 15.9 Å². The van der Waals surface area contributed by atoms with Gasteiger partial charge in [0.05, 0.1) is 17.3 Å². The molecule has 1 aromatic carbocycles. The molecule has 3 rings (SSSR count). The molecule has 2 heterocycles. The van der Waals surface area contributed by atoms with E-state index in [0.29, 0.717) is 24.7 Å². The molecule has 1 N–H and O–H groups in total. The molecule has 2 aromatic rings. The Hall–Kier alpha value is -2.06. The predicted octanol–water partition coefficient (Wildman–Crippen LogP) is 1.70. The summed E-state index contributed by atoms with van der Waals surface area (Å²) in [5, 5.41) is 0.178. The van der Waals surface area contributed by atoms with Crippen LogP contribution >= 0.6 is 11.6 Å². The minimum absolute atomic E-state index is 0.0449. The second-order valence-corrected chi connectivity index (χ2v) is 6.20. The third kappa shape index (κ3) is 3.01. The standard InChI is InChI=1S/C12H10ClN3O4S/c13-11-6-15-12(7-14-11)16-21(17,18)8-1-2-9-10(5-8)20-4-3-19-9/h1-2,5-7H,3-4H2,(H,15,16). The maximum atomic E-state index is 12.3. The summed E-state index contributed by atoms with van der Waals surface area (Å²) >= 11 is 5.60. The van der Waals surface area contributed by atoms with Crippen LogP contribution in [0.5, 0.6) is 11.5 Å². The lowest BCUT2D eigenvalue weighted by molar-refractivity contribution is 0.171. The van der Waals surface area contributed by atoms with Gasteiger partial charge in [0.2, 0.25) is 0 Å². The van der Waals surface area contributed by atoms with Crippen molar-refractivity contribution in [1.29, 1.82) is 0 Å². The first-order valence-corrected chi connectivity index (χ1v) is 7.81. The molecule has 0 bridgehead atoms. The van der Waals surface area contributed by atoms with E-state index in [1.807, 2.05) is 0 Å². The first kappa shape index (κ1) is 13.9. The van der Waals surface area contributed by atoms with Gasteiger partial charge in [-0.25, -0.2) is 18.4 Å². The van der Waals surface area contributed by atoms with Gasteiger partial charge in [-0.3, -0.25) is 4.72 Å². The molecule has 0 radical (unpaired) electrons. The summed E-state index contributed by atoms with van der Waals surface area (Å²) in [6.45, 7) is 0.824. The van der Waals surface area contributed by atoms with Crippen LogP contribution in [0.4, 0.5) is 5.82 Å². The van der Waals surface area contributed by atoms with E-state index >= 15 is 0 Å². The Bertz CT molecular complexity index is 765. The van der Waals surface area contributed by atoms with Crippen molar-refractivity contribution in [3.05, 3.63) is 35.7 Å². The highest BCUT2D eigenvalue weighted by Crippen LogP contribution is 2.32. The summed E-state index contributed by atoms with van der Waals surface area (Å²) in [7, 11) is -3.79. The highest BCUT2D eigenvalue weighted by molar-refractivity contribution is 7.92. The molecule has 0 atom stereocenters. The summed E-state index contributed by atoms with van der Waals surface area (Å²) in [5.74, 6) is 0.993. The second-order valence-electron chi connectivity index (χ2n) is 4.14. The summed E-state index contributed by atoms with van der Waals surface area (Å²) in [5.41, 5.74) is 0. The molecular weight excluding hydrogens is 318 g/mol. The Kier molecular flexibility index (Phi) is 3.56. The van der Waals surface area contributed by atoms with Crippen LogP contribution in [-0.2, 0) is 10.0 Å². The number of nitrogens with zero attached hydrogens (tertiary/aromatic N) is 2. The molecule has 9 heteroatoms. The van der Waals surface area contributed by atoms with Crippen LogP contribution in [0.25, 0.3) is 0 Å². The normalized spacial score (nSPS) is 13.8.